The van der Waals surface area contributed by atoms with Gasteiger partial charge in [0.15, 0.2) is 0 Å². The van der Waals surface area contributed by atoms with E-state index in [1.807, 2.05) is 11.3 Å². The first-order valence-electron chi connectivity index (χ1n) is 7.63. The smallest absolute Gasteiger partial charge is 0.0205 e. The molecule has 0 aliphatic carbocycles. The van der Waals surface area contributed by atoms with E-state index in [1.165, 1.54) is 16.0 Å². The average molecular weight is 301 g/mol. The molecule has 0 saturated heterocycles. The van der Waals surface area contributed by atoms with Crippen molar-refractivity contribution in [1.29, 1.82) is 0 Å². The van der Waals surface area contributed by atoms with Gasteiger partial charge in [-0.15, -0.1) is 11.3 Å². The van der Waals surface area contributed by atoms with Crippen LogP contribution in [0.15, 0.2) is 41.8 Å². The second kappa shape index (κ2) is 6.33. The Bertz CT molecular complexity index is 544. The van der Waals surface area contributed by atoms with E-state index in [4.69, 9.17) is 0 Å². The molecule has 0 spiro atoms. The van der Waals surface area contributed by atoms with E-state index in [0.29, 0.717) is 0 Å². The van der Waals surface area contributed by atoms with Crippen LogP contribution in [0.3, 0.4) is 0 Å². The molecule has 114 valence electrons. The molecular weight excluding hydrogens is 274 g/mol. The third-order valence-electron chi connectivity index (χ3n) is 3.90. The van der Waals surface area contributed by atoms with Gasteiger partial charge < -0.3 is 5.32 Å². The van der Waals surface area contributed by atoms with Crippen molar-refractivity contribution in [1.82, 2.24) is 5.32 Å². The zero-order valence-corrected chi connectivity index (χ0v) is 14.7. The highest BCUT2D eigenvalue weighted by Crippen LogP contribution is 2.27. The van der Waals surface area contributed by atoms with Crippen molar-refractivity contribution in [3.63, 3.8) is 0 Å². The van der Waals surface area contributed by atoms with Gasteiger partial charge in [0.05, 0.1) is 0 Å². The molecule has 0 saturated carbocycles. The predicted octanol–water partition coefficient (Wildman–Crippen LogP) is 5.11. The van der Waals surface area contributed by atoms with Crippen LogP contribution in [-0.2, 0) is 17.4 Å². The molecule has 1 N–H and O–H groups in total. The Morgan fingerprint density at radius 2 is 1.62 bits per heavy atom. The Kier molecular flexibility index (Phi) is 4.90. The lowest BCUT2D eigenvalue weighted by molar-refractivity contribution is 0.476. The quantitative estimate of drug-likeness (QED) is 0.809. The van der Waals surface area contributed by atoms with Crippen LogP contribution in [0.1, 0.15) is 50.6 Å². The molecular formula is C19H27NS. The van der Waals surface area contributed by atoms with Gasteiger partial charge in [0.2, 0.25) is 0 Å². The molecule has 2 rings (SSSR count). The van der Waals surface area contributed by atoms with Crippen molar-refractivity contribution in [3.8, 4) is 0 Å². The molecule has 1 heterocycles. The van der Waals surface area contributed by atoms with E-state index in [1.54, 1.807) is 0 Å². The molecule has 0 amide bonds. The Hall–Kier alpha value is -1.12. The van der Waals surface area contributed by atoms with Crippen molar-refractivity contribution in [2.45, 2.75) is 52.0 Å². The Balaban J connectivity index is 1.89. The monoisotopic (exact) mass is 301 g/mol. The molecule has 0 bridgehead atoms. The van der Waals surface area contributed by atoms with Gasteiger partial charge in [-0.1, -0.05) is 65.0 Å². The minimum absolute atomic E-state index is 0.194. The minimum Gasteiger partial charge on any atom is -0.312 e. The number of thiophene rings is 1. The van der Waals surface area contributed by atoms with Gasteiger partial charge in [-0.2, -0.15) is 0 Å². The van der Waals surface area contributed by atoms with Gasteiger partial charge in [-0.3, -0.25) is 0 Å². The van der Waals surface area contributed by atoms with Crippen LogP contribution in [0.25, 0.3) is 0 Å². The highest BCUT2D eigenvalue weighted by atomic mass is 32.1. The number of benzene rings is 1. The maximum atomic E-state index is 3.60. The van der Waals surface area contributed by atoms with Gasteiger partial charge in [0, 0.05) is 23.4 Å². The summed E-state index contributed by atoms with van der Waals surface area (Å²) in [6, 6.07) is 13.3. The molecule has 21 heavy (non-hydrogen) atoms. The Labute approximate surface area is 133 Å². The van der Waals surface area contributed by atoms with Crippen LogP contribution in [0.4, 0.5) is 0 Å². The normalized spacial score (nSPS) is 12.6. The molecule has 1 aromatic carbocycles. The van der Waals surface area contributed by atoms with Gasteiger partial charge in [0.25, 0.3) is 0 Å². The van der Waals surface area contributed by atoms with E-state index in [0.717, 1.165) is 13.1 Å². The fourth-order valence-electron chi connectivity index (χ4n) is 2.39. The van der Waals surface area contributed by atoms with E-state index >= 15 is 0 Å². The number of hydrogen-bond acceptors (Lipinski definition) is 2. The lowest BCUT2D eigenvalue weighted by atomic mass is 9.86. The number of nitrogens with one attached hydrogen (secondary N) is 1. The first-order chi connectivity index (χ1) is 9.79. The molecule has 0 radical (unpaired) electrons. The first kappa shape index (κ1) is 16.3. The van der Waals surface area contributed by atoms with Gasteiger partial charge in [-0.25, -0.2) is 0 Å². The van der Waals surface area contributed by atoms with Crippen LogP contribution in [0.2, 0.25) is 0 Å². The molecule has 1 nitrogen and oxygen atoms in total. The zero-order chi connectivity index (χ0) is 15.5. The van der Waals surface area contributed by atoms with Crippen molar-refractivity contribution in [3.05, 3.63) is 57.8 Å². The highest BCUT2D eigenvalue weighted by Gasteiger charge is 2.21. The summed E-state index contributed by atoms with van der Waals surface area (Å²) in [6.45, 7) is 13.3. The average Bonchev–Trinajstić information content (AvgIpc) is 2.92. The summed E-state index contributed by atoms with van der Waals surface area (Å²) in [5.41, 5.74) is 3.17. The fraction of sp³-hybridized carbons (Fsp3) is 0.474. The van der Waals surface area contributed by atoms with Gasteiger partial charge >= 0.3 is 0 Å². The standard InChI is InChI=1S/C19H27NS/c1-18(2,3)16-10-8-15(9-11-16)13-20-14-19(4,5)17-7-6-12-21-17/h6-12,20H,13-14H2,1-5H3. The Morgan fingerprint density at radius 3 is 2.14 bits per heavy atom. The van der Waals surface area contributed by atoms with Crippen molar-refractivity contribution < 1.29 is 0 Å². The van der Waals surface area contributed by atoms with Crippen molar-refractivity contribution in [2.24, 2.45) is 0 Å². The molecule has 0 atom stereocenters. The summed E-state index contributed by atoms with van der Waals surface area (Å²) >= 11 is 1.84. The maximum absolute atomic E-state index is 3.60. The third kappa shape index (κ3) is 4.42. The van der Waals surface area contributed by atoms with Crippen molar-refractivity contribution in [2.75, 3.05) is 6.54 Å². The van der Waals surface area contributed by atoms with Crippen LogP contribution >= 0.6 is 11.3 Å². The fourth-order valence-corrected chi connectivity index (χ4v) is 3.24. The van der Waals surface area contributed by atoms with Gasteiger partial charge in [-0.05, 0) is 28.0 Å². The summed E-state index contributed by atoms with van der Waals surface area (Å²) < 4.78 is 0. The minimum atomic E-state index is 0.194. The van der Waals surface area contributed by atoms with Crippen molar-refractivity contribution >= 4 is 11.3 Å². The highest BCUT2D eigenvalue weighted by molar-refractivity contribution is 7.10. The summed E-state index contributed by atoms with van der Waals surface area (Å²) in [5, 5.41) is 5.75. The van der Waals surface area contributed by atoms with Gasteiger partial charge in [0.1, 0.15) is 0 Å². The summed E-state index contributed by atoms with van der Waals surface area (Å²) in [7, 11) is 0. The van der Waals surface area contributed by atoms with Crippen LogP contribution in [0.5, 0.6) is 0 Å². The number of hydrogen-bond donors (Lipinski definition) is 1. The Morgan fingerprint density at radius 1 is 0.952 bits per heavy atom. The maximum Gasteiger partial charge on any atom is 0.0205 e. The van der Waals surface area contributed by atoms with Crippen LogP contribution in [0, 0.1) is 0 Å². The summed E-state index contributed by atoms with van der Waals surface area (Å²) in [5.74, 6) is 0. The molecule has 0 unspecified atom stereocenters. The summed E-state index contributed by atoms with van der Waals surface area (Å²) in [6.07, 6.45) is 0. The molecule has 1 aromatic heterocycles. The molecule has 2 aromatic rings. The van der Waals surface area contributed by atoms with E-state index < -0.39 is 0 Å². The first-order valence-corrected chi connectivity index (χ1v) is 8.51. The number of rotatable bonds is 5. The lowest BCUT2D eigenvalue weighted by Crippen LogP contribution is -2.31. The van der Waals surface area contributed by atoms with Crippen LogP contribution < -0.4 is 5.32 Å². The van der Waals surface area contributed by atoms with Crippen LogP contribution in [-0.4, -0.2) is 6.54 Å². The molecule has 0 aliphatic heterocycles. The van der Waals surface area contributed by atoms with E-state index in [9.17, 15) is 0 Å². The largest absolute Gasteiger partial charge is 0.312 e. The zero-order valence-electron chi connectivity index (χ0n) is 13.9. The van der Waals surface area contributed by atoms with E-state index in [2.05, 4.69) is 81.7 Å². The molecule has 0 aliphatic rings. The molecule has 0 fully saturated rings. The summed E-state index contributed by atoms with van der Waals surface area (Å²) in [4.78, 5) is 1.44. The SMILES string of the molecule is CC(C)(C)c1ccc(CNCC(C)(C)c2cccs2)cc1. The van der Waals surface area contributed by atoms with E-state index in [-0.39, 0.29) is 10.8 Å². The topological polar surface area (TPSA) is 12.0 Å². The second-order valence-electron chi connectivity index (χ2n) is 7.41. The lowest BCUT2D eigenvalue weighted by Gasteiger charge is -2.24. The molecule has 2 heteroatoms. The second-order valence-corrected chi connectivity index (χ2v) is 8.36. The predicted molar refractivity (Wildman–Crippen MR) is 94.2 cm³/mol. The third-order valence-corrected chi connectivity index (χ3v) is 5.14.